The fourth-order valence-electron chi connectivity index (χ4n) is 0.899. The summed E-state index contributed by atoms with van der Waals surface area (Å²) in [5.74, 6) is 0.376. The summed E-state index contributed by atoms with van der Waals surface area (Å²) in [6, 6.07) is 10.2. The van der Waals surface area contributed by atoms with Gasteiger partial charge in [0.05, 0.1) is 0 Å². The van der Waals surface area contributed by atoms with Gasteiger partial charge in [0.2, 0.25) is 0 Å². The van der Waals surface area contributed by atoms with E-state index < -0.39 is 0 Å². The van der Waals surface area contributed by atoms with Gasteiger partial charge in [0.1, 0.15) is 0 Å². The van der Waals surface area contributed by atoms with Crippen LogP contribution in [0.5, 0.6) is 0 Å². The van der Waals surface area contributed by atoms with Crippen LogP contribution in [0.1, 0.15) is 18.4 Å². The number of benzene rings is 1. The maximum Gasteiger partial charge on any atom is 0.0166 e. The number of nitrogens with one attached hydrogen (secondary N) is 1. The van der Waals surface area contributed by atoms with Crippen molar-refractivity contribution in [3.8, 4) is 0 Å². The van der Waals surface area contributed by atoms with Crippen molar-refractivity contribution in [3.05, 3.63) is 35.9 Å². The van der Waals surface area contributed by atoms with E-state index in [-0.39, 0.29) is 0 Å². The van der Waals surface area contributed by atoms with Gasteiger partial charge in [-0.2, -0.15) is 0 Å². The molecule has 0 aliphatic heterocycles. The molecule has 0 saturated heterocycles. The molecule has 1 N–H and O–H groups in total. The highest BCUT2D eigenvalue weighted by atomic mass is 14.5. The van der Waals surface area contributed by atoms with Crippen LogP contribution in [0.2, 0.25) is 0 Å². The Labute approximate surface area is 61.9 Å². The minimum absolute atomic E-state index is 0.376. The molecule has 0 unspecified atom stereocenters. The van der Waals surface area contributed by atoms with Crippen LogP contribution in [-0.2, 0) is 0 Å². The van der Waals surface area contributed by atoms with Gasteiger partial charge in [-0.25, -0.2) is 0 Å². The highest BCUT2D eigenvalue weighted by Crippen LogP contribution is 2.11. The third-order valence-corrected chi connectivity index (χ3v) is 1.67. The van der Waals surface area contributed by atoms with Crippen LogP contribution in [0.4, 0.5) is 0 Å². The van der Waals surface area contributed by atoms with Crippen LogP contribution in [0.15, 0.2) is 30.3 Å². The van der Waals surface area contributed by atoms with Crippen molar-refractivity contribution in [2.24, 2.45) is 0 Å². The second kappa shape index (κ2) is 3.37. The lowest BCUT2D eigenvalue weighted by Crippen LogP contribution is -1.99. The first-order chi connectivity index (χ1) is 4.84. The molecule has 0 bridgehead atoms. The fraction of sp³-hybridized carbons (Fsp3) is 0.333. The first kappa shape index (κ1) is 7.29. The highest BCUT2D eigenvalue weighted by Gasteiger charge is 1.99. The molecule has 0 aliphatic rings. The van der Waals surface area contributed by atoms with Gasteiger partial charge in [0.15, 0.2) is 0 Å². The topological polar surface area (TPSA) is 23.8 Å². The Hall–Kier alpha value is -0.820. The highest BCUT2D eigenvalue weighted by molar-refractivity contribution is 5.18. The van der Waals surface area contributed by atoms with Crippen molar-refractivity contribution in [1.29, 1.82) is 0 Å². The van der Waals surface area contributed by atoms with Gasteiger partial charge in [0.25, 0.3) is 0 Å². The number of hydrogen-bond acceptors (Lipinski definition) is 0. The Balaban J connectivity index is 2.75. The number of rotatable bonds is 2. The van der Waals surface area contributed by atoms with Crippen molar-refractivity contribution in [2.45, 2.75) is 12.8 Å². The van der Waals surface area contributed by atoms with Crippen LogP contribution >= 0.6 is 0 Å². The molecule has 10 heavy (non-hydrogen) atoms. The molecule has 0 aromatic heterocycles. The third kappa shape index (κ3) is 1.58. The van der Waals surface area contributed by atoms with E-state index in [4.69, 9.17) is 5.73 Å². The first-order valence-corrected chi connectivity index (χ1v) is 3.54. The van der Waals surface area contributed by atoms with E-state index in [9.17, 15) is 0 Å². The quantitative estimate of drug-likeness (QED) is 0.591. The van der Waals surface area contributed by atoms with Gasteiger partial charge >= 0.3 is 0 Å². The molecule has 0 saturated carbocycles. The molecule has 1 aromatic carbocycles. The second-order valence-electron chi connectivity index (χ2n) is 2.52. The van der Waals surface area contributed by atoms with Crippen LogP contribution in [0.3, 0.4) is 0 Å². The van der Waals surface area contributed by atoms with Crippen molar-refractivity contribution in [1.82, 2.24) is 5.73 Å². The molecule has 53 valence electrons. The summed E-state index contributed by atoms with van der Waals surface area (Å²) in [7, 11) is 0. The van der Waals surface area contributed by atoms with Crippen molar-refractivity contribution in [3.63, 3.8) is 0 Å². The molecule has 0 spiro atoms. The van der Waals surface area contributed by atoms with Crippen LogP contribution in [0, 0.1) is 0 Å². The summed E-state index contributed by atoms with van der Waals surface area (Å²) in [6.45, 7) is 2.55. The zero-order valence-corrected chi connectivity index (χ0v) is 6.17. The SMILES string of the molecule is C[C@H](C[NH])c1ccccc1. The van der Waals surface area contributed by atoms with Crippen LogP contribution < -0.4 is 5.73 Å². The Morgan fingerprint density at radius 2 is 1.90 bits per heavy atom. The minimum Gasteiger partial charge on any atom is -0.257 e. The summed E-state index contributed by atoms with van der Waals surface area (Å²) in [5.41, 5.74) is 8.41. The summed E-state index contributed by atoms with van der Waals surface area (Å²) < 4.78 is 0. The zero-order valence-electron chi connectivity index (χ0n) is 6.17. The average molecular weight is 134 g/mol. The third-order valence-electron chi connectivity index (χ3n) is 1.67. The van der Waals surface area contributed by atoms with Gasteiger partial charge in [-0.05, 0) is 11.5 Å². The van der Waals surface area contributed by atoms with Gasteiger partial charge in [0, 0.05) is 6.54 Å². The van der Waals surface area contributed by atoms with E-state index >= 15 is 0 Å². The molecule has 1 heteroatoms. The average Bonchev–Trinajstić information content (AvgIpc) is 2.05. The first-order valence-electron chi connectivity index (χ1n) is 3.54. The monoisotopic (exact) mass is 134 g/mol. The summed E-state index contributed by atoms with van der Waals surface area (Å²) in [5, 5.41) is 0. The Morgan fingerprint density at radius 3 is 2.40 bits per heavy atom. The molecule has 1 nitrogen and oxygen atoms in total. The van der Waals surface area contributed by atoms with Crippen molar-refractivity contribution in [2.75, 3.05) is 6.54 Å². The lowest BCUT2D eigenvalue weighted by atomic mass is 10.0. The van der Waals surface area contributed by atoms with E-state index in [1.807, 2.05) is 18.2 Å². The molecular formula is C9H12N. The lowest BCUT2D eigenvalue weighted by Gasteiger charge is -2.06. The van der Waals surface area contributed by atoms with Gasteiger partial charge in [-0.3, -0.25) is 5.73 Å². The summed E-state index contributed by atoms with van der Waals surface area (Å²) in [4.78, 5) is 0. The molecule has 1 radical (unpaired) electrons. The minimum atomic E-state index is 0.376. The van der Waals surface area contributed by atoms with Gasteiger partial charge in [-0.15, -0.1) is 0 Å². The normalized spacial score (nSPS) is 13.0. The van der Waals surface area contributed by atoms with Gasteiger partial charge < -0.3 is 0 Å². The van der Waals surface area contributed by atoms with E-state index in [0.717, 1.165) is 0 Å². The molecule has 0 aliphatic carbocycles. The zero-order chi connectivity index (χ0) is 7.40. The summed E-state index contributed by atoms with van der Waals surface area (Å²) >= 11 is 0. The van der Waals surface area contributed by atoms with E-state index in [0.29, 0.717) is 12.5 Å². The largest absolute Gasteiger partial charge is 0.257 e. The van der Waals surface area contributed by atoms with E-state index in [1.165, 1.54) is 5.56 Å². The second-order valence-corrected chi connectivity index (χ2v) is 2.52. The molecular weight excluding hydrogens is 122 g/mol. The molecule has 0 amide bonds. The van der Waals surface area contributed by atoms with E-state index in [1.54, 1.807) is 0 Å². The predicted octanol–water partition coefficient (Wildman–Crippen LogP) is 2.07. The fourth-order valence-corrected chi connectivity index (χ4v) is 0.899. The molecule has 1 atom stereocenters. The number of hydrogen-bond donors (Lipinski definition) is 0. The summed E-state index contributed by atoms with van der Waals surface area (Å²) in [6.07, 6.45) is 0. The smallest absolute Gasteiger partial charge is 0.0166 e. The predicted molar refractivity (Wildman–Crippen MR) is 42.8 cm³/mol. The van der Waals surface area contributed by atoms with E-state index in [2.05, 4.69) is 19.1 Å². The Kier molecular flexibility index (Phi) is 2.46. The standard InChI is InChI=1S/C9H12N/c1-8(7-10)9-5-3-2-4-6-9/h2-6,8,10H,7H2,1H3/t8-/m1/s1. The maximum absolute atomic E-state index is 7.15. The van der Waals surface area contributed by atoms with Gasteiger partial charge in [-0.1, -0.05) is 37.3 Å². The maximum atomic E-state index is 7.15. The molecule has 1 aromatic rings. The van der Waals surface area contributed by atoms with Crippen molar-refractivity contribution >= 4 is 0 Å². The molecule has 0 heterocycles. The van der Waals surface area contributed by atoms with Crippen LogP contribution in [-0.4, -0.2) is 6.54 Å². The van der Waals surface area contributed by atoms with Crippen molar-refractivity contribution < 1.29 is 0 Å². The van der Waals surface area contributed by atoms with Crippen LogP contribution in [0.25, 0.3) is 0 Å². The molecule has 0 fully saturated rings. The lowest BCUT2D eigenvalue weighted by molar-refractivity contribution is 0.759. The Bertz CT molecular complexity index is 181. The Morgan fingerprint density at radius 1 is 1.30 bits per heavy atom. The molecule has 1 rings (SSSR count).